The van der Waals surface area contributed by atoms with Gasteiger partial charge in [0.2, 0.25) is 0 Å². The Morgan fingerprint density at radius 1 is 1.10 bits per heavy atom. The molecule has 3 nitrogen and oxygen atoms in total. The molecule has 0 bridgehead atoms. The van der Waals surface area contributed by atoms with E-state index < -0.39 is 7.87 Å². The molecule has 0 radical (unpaired) electrons. The number of hydrogen-bond donors (Lipinski definition) is 0. The van der Waals surface area contributed by atoms with Crippen molar-refractivity contribution in [3.05, 3.63) is 24.0 Å². The van der Waals surface area contributed by atoms with Crippen LogP contribution in [0.25, 0.3) is 0 Å². The summed E-state index contributed by atoms with van der Waals surface area (Å²) in [6.45, 7) is 17.1. The van der Waals surface area contributed by atoms with Gasteiger partial charge in [-0.05, 0) is 51.4 Å². The molecule has 116 valence electrons. The van der Waals surface area contributed by atoms with Crippen molar-refractivity contribution in [3.8, 4) is 0 Å². The summed E-state index contributed by atoms with van der Waals surface area (Å²) in [6.07, 6.45) is 6.69. The molecule has 0 aromatic carbocycles. The fourth-order valence-electron chi connectivity index (χ4n) is 2.71. The normalized spacial score (nSPS) is 19.9. The van der Waals surface area contributed by atoms with Gasteiger partial charge in [-0.15, -0.1) is 11.1 Å². The van der Waals surface area contributed by atoms with Gasteiger partial charge in [0.05, 0.1) is 0 Å². The minimum atomic E-state index is -2.37. The van der Waals surface area contributed by atoms with Crippen LogP contribution in [0.1, 0.15) is 41.5 Å². The van der Waals surface area contributed by atoms with Crippen molar-refractivity contribution in [2.45, 2.75) is 41.5 Å². The zero-order valence-electron chi connectivity index (χ0n) is 13.9. The summed E-state index contributed by atoms with van der Waals surface area (Å²) in [5, 5.41) is 0. The second kappa shape index (κ2) is 7.64. The highest BCUT2D eigenvalue weighted by molar-refractivity contribution is 7.15. The Kier molecular flexibility index (Phi) is 6.78. The number of allylic oxidation sites excluding steroid dienone is 2. The number of halogens is 1. The fraction of sp³-hybridized carbons (Fsp3) is 0.733. The Labute approximate surface area is 130 Å². The van der Waals surface area contributed by atoms with Crippen LogP contribution in [0.2, 0.25) is 0 Å². The van der Waals surface area contributed by atoms with Gasteiger partial charge < -0.3 is 4.57 Å². The third-order valence-electron chi connectivity index (χ3n) is 4.26. The molecule has 0 aliphatic carbocycles. The minimum Gasteiger partial charge on any atom is -0.344 e. The molecule has 0 spiro atoms. The number of nitrogens with zero attached hydrogens (tertiary/aromatic N) is 3. The van der Waals surface area contributed by atoms with Crippen LogP contribution >= 0.6 is 11.1 Å². The average Bonchev–Trinajstić information content (AvgIpc) is 2.44. The third-order valence-corrected chi connectivity index (χ3v) is 10.1. The van der Waals surface area contributed by atoms with Crippen LogP contribution < -0.4 is 0 Å². The predicted molar refractivity (Wildman–Crippen MR) is 91.3 cm³/mol. The molecule has 1 heterocycles. The molecule has 0 saturated heterocycles. The lowest BCUT2D eigenvalue weighted by Gasteiger charge is -2.48. The summed E-state index contributed by atoms with van der Waals surface area (Å²) < 4.78 is 7.17. The molecule has 20 heavy (non-hydrogen) atoms. The van der Waals surface area contributed by atoms with Crippen molar-refractivity contribution >= 4 is 18.9 Å². The summed E-state index contributed by atoms with van der Waals surface area (Å²) in [6, 6.07) is 0. The fourth-order valence-corrected chi connectivity index (χ4v) is 7.77. The standard InChI is InChI=1S/C15H30ClN3Si/c1-7-17(8-2)20(16,18(9-3)10-4)19-12-11-14(5)15(6)13-19/h11-14H,7-10H2,1-6H3. The molecule has 5 heteroatoms. The first-order valence-corrected chi connectivity index (χ1v) is 10.6. The van der Waals surface area contributed by atoms with E-state index in [2.05, 4.69) is 73.7 Å². The van der Waals surface area contributed by atoms with Gasteiger partial charge in [-0.2, -0.15) is 0 Å². The molecule has 1 atom stereocenters. The Morgan fingerprint density at radius 3 is 1.90 bits per heavy atom. The molecule has 0 aromatic rings. The summed E-state index contributed by atoms with van der Waals surface area (Å²) in [5.41, 5.74) is 1.38. The maximum atomic E-state index is 7.28. The number of hydrogen-bond acceptors (Lipinski definition) is 3. The summed E-state index contributed by atoms with van der Waals surface area (Å²) >= 11 is 7.28. The monoisotopic (exact) mass is 315 g/mol. The molecule has 0 fully saturated rings. The van der Waals surface area contributed by atoms with E-state index in [4.69, 9.17) is 11.1 Å². The lowest BCUT2D eigenvalue weighted by atomic mass is 10.0. The van der Waals surface area contributed by atoms with Crippen molar-refractivity contribution in [3.63, 3.8) is 0 Å². The van der Waals surface area contributed by atoms with E-state index in [0.717, 1.165) is 26.2 Å². The lowest BCUT2D eigenvalue weighted by molar-refractivity contribution is 0.327. The quantitative estimate of drug-likeness (QED) is 0.524. The van der Waals surface area contributed by atoms with Crippen LogP contribution in [-0.4, -0.2) is 47.7 Å². The van der Waals surface area contributed by atoms with Crippen molar-refractivity contribution in [2.75, 3.05) is 26.2 Å². The molecule has 0 aromatic heterocycles. The van der Waals surface area contributed by atoms with Crippen molar-refractivity contribution in [1.29, 1.82) is 0 Å². The smallest absolute Gasteiger partial charge is 0.344 e. The highest BCUT2D eigenvalue weighted by Gasteiger charge is 2.48. The number of rotatable bonds is 7. The first-order valence-electron chi connectivity index (χ1n) is 7.79. The highest BCUT2D eigenvalue weighted by Crippen LogP contribution is 2.30. The van der Waals surface area contributed by atoms with Gasteiger partial charge in [-0.25, -0.2) is 0 Å². The third kappa shape index (κ3) is 3.30. The van der Waals surface area contributed by atoms with Gasteiger partial charge in [0.1, 0.15) is 0 Å². The van der Waals surface area contributed by atoms with E-state index in [1.807, 2.05) is 0 Å². The van der Waals surface area contributed by atoms with Crippen LogP contribution in [0.4, 0.5) is 0 Å². The Balaban J connectivity index is 3.20. The second-order valence-electron chi connectivity index (χ2n) is 5.31. The lowest BCUT2D eigenvalue weighted by Crippen LogP contribution is -2.69. The Hall–Kier alpha value is -0.293. The maximum absolute atomic E-state index is 7.28. The highest BCUT2D eigenvalue weighted by atomic mass is 35.6. The van der Waals surface area contributed by atoms with Gasteiger partial charge in [-0.1, -0.05) is 46.3 Å². The van der Waals surface area contributed by atoms with Crippen LogP contribution in [0, 0.1) is 5.92 Å². The van der Waals surface area contributed by atoms with E-state index >= 15 is 0 Å². The van der Waals surface area contributed by atoms with Crippen molar-refractivity contribution < 1.29 is 0 Å². The van der Waals surface area contributed by atoms with Crippen LogP contribution in [0.5, 0.6) is 0 Å². The molecule has 1 unspecified atom stereocenters. The maximum Gasteiger partial charge on any atom is 0.427 e. The predicted octanol–water partition coefficient (Wildman–Crippen LogP) is 3.71. The van der Waals surface area contributed by atoms with E-state index in [1.54, 1.807) is 0 Å². The van der Waals surface area contributed by atoms with Gasteiger partial charge >= 0.3 is 7.87 Å². The largest absolute Gasteiger partial charge is 0.427 e. The van der Waals surface area contributed by atoms with E-state index in [1.165, 1.54) is 5.57 Å². The van der Waals surface area contributed by atoms with Crippen LogP contribution in [0.15, 0.2) is 24.0 Å². The minimum absolute atomic E-state index is 0.509. The van der Waals surface area contributed by atoms with Gasteiger partial charge in [-0.3, -0.25) is 9.13 Å². The molecule has 0 amide bonds. The molecular formula is C15H30ClN3Si. The Bertz CT molecular complexity index is 350. The Morgan fingerprint density at radius 2 is 1.55 bits per heavy atom. The van der Waals surface area contributed by atoms with Gasteiger partial charge in [0.25, 0.3) is 0 Å². The van der Waals surface area contributed by atoms with Crippen LogP contribution in [0.3, 0.4) is 0 Å². The molecule has 0 N–H and O–H groups in total. The molecular weight excluding hydrogens is 286 g/mol. The SMILES string of the molecule is CCN(CC)[Si](Cl)(N1C=CC(C)C(C)=C1)N(CC)CC. The van der Waals surface area contributed by atoms with E-state index in [0.29, 0.717) is 5.92 Å². The first-order chi connectivity index (χ1) is 9.45. The molecule has 1 aliphatic rings. The molecule has 0 saturated carbocycles. The average molecular weight is 316 g/mol. The molecule has 1 aliphatic heterocycles. The van der Waals surface area contributed by atoms with Crippen LogP contribution in [-0.2, 0) is 0 Å². The topological polar surface area (TPSA) is 9.72 Å². The van der Waals surface area contributed by atoms with Gasteiger partial charge in [0.15, 0.2) is 0 Å². The van der Waals surface area contributed by atoms with E-state index in [9.17, 15) is 0 Å². The zero-order valence-corrected chi connectivity index (χ0v) is 15.6. The van der Waals surface area contributed by atoms with Crippen molar-refractivity contribution in [1.82, 2.24) is 13.7 Å². The second-order valence-corrected chi connectivity index (χ2v) is 9.72. The summed E-state index contributed by atoms with van der Waals surface area (Å²) in [4.78, 5) is 0. The summed E-state index contributed by atoms with van der Waals surface area (Å²) in [7, 11) is -2.37. The van der Waals surface area contributed by atoms with E-state index in [-0.39, 0.29) is 0 Å². The first kappa shape index (κ1) is 17.8. The summed E-state index contributed by atoms with van der Waals surface area (Å²) in [5.74, 6) is 0.509. The van der Waals surface area contributed by atoms with Crippen molar-refractivity contribution in [2.24, 2.45) is 5.92 Å². The zero-order chi connectivity index (χ0) is 15.3. The molecule has 1 rings (SSSR count). The van der Waals surface area contributed by atoms with Gasteiger partial charge in [0, 0.05) is 0 Å².